The molecule has 1 N–H and O–H groups in total. The number of esters is 1. The minimum absolute atomic E-state index is 0.0654. The molecule has 1 aromatic rings. The summed E-state index contributed by atoms with van der Waals surface area (Å²) in [5.41, 5.74) is 1.82. The minimum Gasteiger partial charge on any atom is -0.462 e. The Morgan fingerprint density at radius 2 is 2.33 bits per heavy atom. The number of benzene rings is 1. The van der Waals surface area contributed by atoms with Gasteiger partial charge in [-0.15, -0.1) is 0 Å². The van der Waals surface area contributed by atoms with Gasteiger partial charge in [-0.2, -0.15) is 5.26 Å². The maximum Gasteiger partial charge on any atom is 0.350 e. The van der Waals surface area contributed by atoms with Crippen LogP contribution in [0.5, 0.6) is 0 Å². The van der Waals surface area contributed by atoms with E-state index in [0.717, 1.165) is 15.7 Å². The summed E-state index contributed by atoms with van der Waals surface area (Å²) in [4.78, 5) is 11.4. The summed E-state index contributed by atoms with van der Waals surface area (Å²) in [5, 5.41) is 11.7. The molecule has 1 rings (SSSR count). The Hall–Kier alpha value is -1.80. The lowest BCUT2D eigenvalue weighted by Crippen LogP contribution is -2.08. The Morgan fingerprint density at radius 1 is 1.61 bits per heavy atom. The van der Waals surface area contributed by atoms with Crippen molar-refractivity contribution in [1.82, 2.24) is 0 Å². The number of nitrogens with zero attached hydrogens (tertiary/aromatic N) is 1. The van der Waals surface area contributed by atoms with Gasteiger partial charge in [-0.1, -0.05) is 6.07 Å². The molecule has 0 spiro atoms. The number of ether oxygens (including phenoxy) is 1. The van der Waals surface area contributed by atoms with Crippen LogP contribution < -0.4 is 5.32 Å². The van der Waals surface area contributed by atoms with Crippen LogP contribution in [0, 0.1) is 18.3 Å². The molecule has 0 aliphatic rings. The van der Waals surface area contributed by atoms with Crippen LogP contribution >= 0.6 is 15.9 Å². The lowest BCUT2D eigenvalue weighted by atomic mass is 10.2. The Kier molecular flexibility index (Phi) is 5.40. The molecule has 5 heteroatoms. The summed E-state index contributed by atoms with van der Waals surface area (Å²) in [6, 6.07) is 7.52. The highest BCUT2D eigenvalue weighted by Crippen LogP contribution is 2.23. The smallest absolute Gasteiger partial charge is 0.350 e. The van der Waals surface area contributed by atoms with Crippen molar-refractivity contribution in [2.75, 3.05) is 11.9 Å². The van der Waals surface area contributed by atoms with Crippen LogP contribution in [0.15, 0.2) is 34.4 Å². The number of carbonyl (C=O) groups excluding carboxylic acids is 1. The predicted octanol–water partition coefficient (Wildman–Crippen LogP) is 3.14. The zero-order chi connectivity index (χ0) is 13.5. The molecule has 1 aromatic carbocycles. The van der Waals surface area contributed by atoms with E-state index in [0.29, 0.717) is 0 Å². The van der Waals surface area contributed by atoms with Gasteiger partial charge in [-0.25, -0.2) is 4.79 Å². The van der Waals surface area contributed by atoms with E-state index in [1.165, 1.54) is 6.20 Å². The molecule has 0 saturated heterocycles. The molecule has 0 aliphatic carbocycles. The third-order valence-electron chi connectivity index (χ3n) is 2.11. The molecule has 18 heavy (non-hydrogen) atoms. The normalized spacial score (nSPS) is 10.7. The van der Waals surface area contributed by atoms with Gasteiger partial charge in [0.2, 0.25) is 0 Å². The van der Waals surface area contributed by atoms with Gasteiger partial charge in [0.15, 0.2) is 5.57 Å². The molecule has 0 aromatic heterocycles. The lowest BCUT2D eigenvalue weighted by Gasteiger charge is -2.06. The number of halogens is 1. The summed E-state index contributed by atoms with van der Waals surface area (Å²) in [5.74, 6) is -0.629. The van der Waals surface area contributed by atoms with Crippen LogP contribution in [-0.2, 0) is 9.53 Å². The van der Waals surface area contributed by atoms with Gasteiger partial charge >= 0.3 is 5.97 Å². The third kappa shape index (κ3) is 3.90. The molecule has 4 nitrogen and oxygen atoms in total. The van der Waals surface area contributed by atoms with Gasteiger partial charge in [0.05, 0.1) is 12.3 Å². The standard InChI is InChI=1S/C13H13BrN2O2/c1-3-18-13(17)10(7-15)8-16-12-5-4-9(2)6-11(12)14/h4-6,8,16H,3H2,1-2H3/b10-8-. The molecule has 0 saturated carbocycles. The molecule has 0 aliphatic heterocycles. The fraction of sp³-hybridized carbons (Fsp3) is 0.231. The highest BCUT2D eigenvalue weighted by molar-refractivity contribution is 9.10. The van der Waals surface area contributed by atoms with E-state index in [-0.39, 0.29) is 12.2 Å². The summed E-state index contributed by atoms with van der Waals surface area (Å²) >= 11 is 3.40. The molecule has 0 radical (unpaired) electrons. The summed E-state index contributed by atoms with van der Waals surface area (Å²) in [6.45, 7) is 3.91. The Bertz CT molecular complexity index is 518. The molecule has 0 bridgehead atoms. The quantitative estimate of drug-likeness (QED) is 0.527. The Morgan fingerprint density at radius 3 is 2.89 bits per heavy atom. The highest BCUT2D eigenvalue weighted by Gasteiger charge is 2.09. The van der Waals surface area contributed by atoms with E-state index in [9.17, 15) is 4.79 Å². The molecule has 94 valence electrons. The molecule has 0 fully saturated rings. The third-order valence-corrected chi connectivity index (χ3v) is 2.77. The van der Waals surface area contributed by atoms with E-state index in [4.69, 9.17) is 10.00 Å². The van der Waals surface area contributed by atoms with Crippen molar-refractivity contribution < 1.29 is 9.53 Å². The predicted molar refractivity (Wildman–Crippen MR) is 72.8 cm³/mol. The second-order valence-corrected chi connectivity index (χ2v) is 4.37. The first kappa shape index (κ1) is 14.3. The van der Waals surface area contributed by atoms with Gasteiger partial charge < -0.3 is 10.1 Å². The first-order valence-corrected chi connectivity index (χ1v) is 6.18. The molecular formula is C13H13BrN2O2. The monoisotopic (exact) mass is 308 g/mol. The SMILES string of the molecule is CCOC(=O)/C(C#N)=C\Nc1ccc(C)cc1Br. The highest BCUT2D eigenvalue weighted by atomic mass is 79.9. The van der Waals surface area contributed by atoms with Crippen LogP contribution in [-0.4, -0.2) is 12.6 Å². The van der Waals surface area contributed by atoms with Crippen LogP contribution in [0.2, 0.25) is 0 Å². The van der Waals surface area contributed by atoms with Gasteiger partial charge in [0.1, 0.15) is 6.07 Å². The Labute approximate surface area is 114 Å². The van der Waals surface area contributed by atoms with Crippen molar-refractivity contribution in [3.05, 3.63) is 40.0 Å². The number of hydrogen-bond acceptors (Lipinski definition) is 4. The number of rotatable bonds is 4. The summed E-state index contributed by atoms with van der Waals surface area (Å²) < 4.78 is 5.61. The van der Waals surface area contributed by atoms with Gasteiger partial charge in [0, 0.05) is 10.7 Å². The van der Waals surface area contributed by atoms with Crippen LogP contribution in [0.3, 0.4) is 0 Å². The van der Waals surface area contributed by atoms with Gasteiger partial charge in [-0.05, 0) is 47.5 Å². The second-order valence-electron chi connectivity index (χ2n) is 3.52. The maximum absolute atomic E-state index is 11.4. The van der Waals surface area contributed by atoms with Crippen LogP contribution in [0.25, 0.3) is 0 Å². The van der Waals surface area contributed by atoms with Crippen molar-refractivity contribution in [2.24, 2.45) is 0 Å². The zero-order valence-electron chi connectivity index (χ0n) is 10.2. The fourth-order valence-electron chi connectivity index (χ4n) is 1.23. The first-order valence-electron chi connectivity index (χ1n) is 5.38. The lowest BCUT2D eigenvalue weighted by molar-refractivity contribution is -0.138. The Balaban J connectivity index is 2.84. The average molecular weight is 309 g/mol. The van der Waals surface area contributed by atoms with E-state index in [1.54, 1.807) is 13.0 Å². The van der Waals surface area contributed by atoms with E-state index in [2.05, 4.69) is 21.2 Å². The molecular weight excluding hydrogens is 296 g/mol. The van der Waals surface area contributed by atoms with Gasteiger partial charge in [-0.3, -0.25) is 0 Å². The number of hydrogen-bond donors (Lipinski definition) is 1. The van der Waals surface area contributed by atoms with Crippen molar-refractivity contribution in [1.29, 1.82) is 5.26 Å². The summed E-state index contributed by atoms with van der Waals surface area (Å²) in [6.07, 6.45) is 1.34. The fourth-order valence-corrected chi connectivity index (χ4v) is 1.84. The molecule has 0 heterocycles. The van der Waals surface area contributed by atoms with Crippen molar-refractivity contribution >= 4 is 27.6 Å². The van der Waals surface area contributed by atoms with Crippen LogP contribution in [0.4, 0.5) is 5.69 Å². The zero-order valence-corrected chi connectivity index (χ0v) is 11.7. The number of nitrogens with one attached hydrogen (secondary N) is 1. The van der Waals surface area contributed by atoms with Gasteiger partial charge in [0.25, 0.3) is 0 Å². The van der Waals surface area contributed by atoms with Crippen molar-refractivity contribution in [3.8, 4) is 6.07 Å². The van der Waals surface area contributed by atoms with E-state index < -0.39 is 5.97 Å². The molecule has 0 atom stereocenters. The number of nitriles is 1. The average Bonchev–Trinajstić information content (AvgIpc) is 2.32. The molecule has 0 unspecified atom stereocenters. The minimum atomic E-state index is -0.629. The topological polar surface area (TPSA) is 62.1 Å². The number of aryl methyl sites for hydroxylation is 1. The second kappa shape index (κ2) is 6.82. The number of anilines is 1. The molecule has 0 amide bonds. The summed E-state index contributed by atoms with van der Waals surface area (Å²) in [7, 11) is 0. The maximum atomic E-state index is 11.4. The largest absolute Gasteiger partial charge is 0.462 e. The van der Waals surface area contributed by atoms with Crippen molar-refractivity contribution in [2.45, 2.75) is 13.8 Å². The van der Waals surface area contributed by atoms with E-state index >= 15 is 0 Å². The van der Waals surface area contributed by atoms with Crippen LogP contribution in [0.1, 0.15) is 12.5 Å². The van der Waals surface area contributed by atoms with E-state index in [1.807, 2.05) is 25.1 Å². The first-order chi connectivity index (χ1) is 8.58. The van der Waals surface area contributed by atoms with Crippen molar-refractivity contribution in [3.63, 3.8) is 0 Å². The number of carbonyl (C=O) groups is 1.